The lowest BCUT2D eigenvalue weighted by molar-refractivity contribution is 0.361. The smallest absolute Gasteiger partial charge is 0.194 e. The predicted molar refractivity (Wildman–Crippen MR) is 312 cm³/mol. The SMILES string of the molecule is c1ccc(-c2cccc(N(c3ccc(-c4ccc5c(c4)C(c4ccccc4)(c4ccccc4)c4ccccc4-5)cc3)c3cccc4c3Oc3c(ccc5c3-c3ccccc3C53c5ccccc5-c5ccccc53)O4)c2)cc1. The Labute approximate surface area is 448 Å². The van der Waals surface area contributed by atoms with Crippen molar-refractivity contribution in [2.75, 3.05) is 4.90 Å². The quantitative estimate of drug-likeness (QED) is 0.159. The molecule has 0 saturated carbocycles. The van der Waals surface area contributed by atoms with Crippen molar-refractivity contribution in [2.45, 2.75) is 10.8 Å². The molecule has 0 saturated heterocycles. The molecular formula is C74H47NO2. The summed E-state index contributed by atoms with van der Waals surface area (Å²) in [5.74, 6) is 2.74. The molecule has 0 radical (unpaired) electrons. The molecule has 0 atom stereocenters. The maximum Gasteiger partial charge on any atom is 0.194 e. The highest BCUT2D eigenvalue weighted by molar-refractivity contribution is 5.98. The first-order valence-corrected chi connectivity index (χ1v) is 26.6. The molecule has 1 aliphatic heterocycles. The molecule has 12 aromatic rings. The fraction of sp³-hybridized carbons (Fsp3) is 0.0270. The molecule has 77 heavy (non-hydrogen) atoms. The Morgan fingerprint density at radius 1 is 0.260 bits per heavy atom. The van der Waals surface area contributed by atoms with Crippen LogP contribution in [-0.2, 0) is 10.8 Å². The van der Waals surface area contributed by atoms with Crippen molar-refractivity contribution < 1.29 is 9.47 Å². The van der Waals surface area contributed by atoms with Gasteiger partial charge in [0.05, 0.1) is 16.5 Å². The number of para-hydroxylation sites is 1. The Balaban J connectivity index is 0.849. The Bertz CT molecular complexity index is 4250. The molecule has 1 heterocycles. The van der Waals surface area contributed by atoms with Crippen LogP contribution >= 0.6 is 0 Å². The van der Waals surface area contributed by atoms with Crippen LogP contribution in [0.3, 0.4) is 0 Å². The van der Waals surface area contributed by atoms with E-state index in [-0.39, 0.29) is 0 Å². The number of benzene rings is 12. The van der Waals surface area contributed by atoms with Crippen LogP contribution < -0.4 is 14.4 Å². The van der Waals surface area contributed by atoms with Gasteiger partial charge in [0.2, 0.25) is 0 Å². The summed E-state index contributed by atoms with van der Waals surface area (Å²) in [7, 11) is 0. The van der Waals surface area contributed by atoms with Crippen molar-refractivity contribution in [1.82, 2.24) is 0 Å². The van der Waals surface area contributed by atoms with Crippen molar-refractivity contribution in [3.05, 3.63) is 330 Å². The molecule has 0 N–H and O–H groups in total. The van der Waals surface area contributed by atoms with Gasteiger partial charge >= 0.3 is 0 Å². The number of fused-ring (bicyclic) bond motifs is 16. The lowest BCUT2D eigenvalue weighted by Gasteiger charge is -2.34. The van der Waals surface area contributed by atoms with E-state index in [9.17, 15) is 0 Å². The molecule has 12 aromatic carbocycles. The highest BCUT2D eigenvalue weighted by atomic mass is 16.6. The number of hydrogen-bond acceptors (Lipinski definition) is 3. The zero-order valence-electron chi connectivity index (χ0n) is 41.9. The number of nitrogens with zero attached hydrogens (tertiary/aromatic N) is 1. The molecule has 0 fully saturated rings. The largest absolute Gasteiger partial charge is 0.449 e. The first-order chi connectivity index (χ1) is 38.2. The van der Waals surface area contributed by atoms with Gasteiger partial charge in [0, 0.05) is 16.9 Å². The van der Waals surface area contributed by atoms with Crippen molar-refractivity contribution in [1.29, 1.82) is 0 Å². The maximum atomic E-state index is 7.51. The van der Waals surface area contributed by atoms with Gasteiger partial charge in [0.1, 0.15) is 0 Å². The standard InChI is InChI=1S/C74H47NO2/c1-4-20-48(21-5-1)50-22-18-27-55(46-50)75(54-41-38-49(39-42-54)51-40-43-59-58-30-10-14-32-61(58)73(66(59)47-51,52-23-6-2-7-24-52)53-25-8-3-9-26-53)67-36-19-37-68-71(67)77-72-69(76-68)45-44-65-70(72)60-31-13-17-35-64(60)74(65)62-33-15-11-28-56(62)57-29-12-16-34-63(57)74/h1-47H. The van der Waals surface area contributed by atoms with Crippen LogP contribution in [0.5, 0.6) is 23.0 Å². The third-order valence-corrected chi connectivity index (χ3v) is 16.8. The normalized spacial score (nSPS) is 13.9. The third-order valence-electron chi connectivity index (χ3n) is 16.8. The van der Waals surface area contributed by atoms with Crippen LogP contribution in [-0.4, -0.2) is 0 Å². The fourth-order valence-corrected chi connectivity index (χ4v) is 13.7. The molecule has 3 heteroatoms. The lowest BCUT2D eigenvalue weighted by Crippen LogP contribution is -2.28. The highest BCUT2D eigenvalue weighted by Gasteiger charge is 2.53. The minimum atomic E-state index is -0.518. The van der Waals surface area contributed by atoms with Crippen molar-refractivity contribution in [3.63, 3.8) is 0 Å². The fourth-order valence-electron chi connectivity index (χ4n) is 13.7. The van der Waals surface area contributed by atoms with Crippen molar-refractivity contribution >= 4 is 17.1 Å². The average Bonchev–Trinajstić information content (AvgIpc) is 4.32. The predicted octanol–water partition coefficient (Wildman–Crippen LogP) is 19.1. The van der Waals surface area contributed by atoms with Crippen LogP contribution in [0.15, 0.2) is 285 Å². The zero-order chi connectivity index (χ0) is 50.7. The molecule has 0 amide bonds. The minimum Gasteiger partial charge on any atom is -0.449 e. The van der Waals surface area contributed by atoms with Gasteiger partial charge in [-0.15, -0.1) is 0 Å². The van der Waals surface area contributed by atoms with E-state index in [1.165, 1.54) is 66.8 Å². The number of rotatable bonds is 7. The van der Waals surface area contributed by atoms with E-state index in [1.54, 1.807) is 0 Å². The molecular weight excluding hydrogens is 935 g/mol. The summed E-state index contributed by atoms with van der Waals surface area (Å²) in [5, 5.41) is 0. The Hall–Kier alpha value is -9.96. The number of ether oxygens (including phenoxy) is 2. The molecule has 3 aliphatic carbocycles. The number of hydrogen-bond donors (Lipinski definition) is 0. The Morgan fingerprint density at radius 2 is 0.740 bits per heavy atom. The summed E-state index contributed by atoms with van der Waals surface area (Å²) in [6.45, 7) is 0. The van der Waals surface area contributed by atoms with E-state index < -0.39 is 10.8 Å². The molecule has 0 unspecified atom stereocenters. The van der Waals surface area contributed by atoms with E-state index in [2.05, 4.69) is 284 Å². The minimum absolute atomic E-state index is 0.493. The first-order valence-electron chi connectivity index (χ1n) is 26.6. The Kier molecular flexibility index (Phi) is 9.47. The zero-order valence-corrected chi connectivity index (χ0v) is 41.9. The van der Waals surface area contributed by atoms with Gasteiger partial charge in [-0.3, -0.25) is 0 Å². The van der Waals surface area contributed by atoms with E-state index >= 15 is 0 Å². The molecule has 4 aliphatic rings. The summed E-state index contributed by atoms with van der Waals surface area (Å²) >= 11 is 0. The second-order valence-electron chi connectivity index (χ2n) is 20.6. The molecule has 0 bridgehead atoms. The van der Waals surface area contributed by atoms with Gasteiger partial charge in [0.25, 0.3) is 0 Å². The van der Waals surface area contributed by atoms with Crippen LogP contribution in [0.1, 0.15) is 44.5 Å². The van der Waals surface area contributed by atoms with E-state index in [0.29, 0.717) is 17.2 Å². The summed E-state index contributed by atoms with van der Waals surface area (Å²) in [5.41, 5.74) is 23.8. The maximum absolute atomic E-state index is 7.51. The molecule has 360 valence electrons. The highest BCUT2D eigenvalue weighted by Crippen LogP contribution is 2.67. The van der Waals surface area contributed by atoms with Crippen molar-refractivity contribution in [2.24, 2.45) is 0 Å². The van der Waals surface area contributed by atoms with Crippen LogP contribution in [0.2, 0.25) is 0 Å². The Morgan fingerprint density at radius 3 is 1.39 bits per heavy atom. The van der Waals surface area contributed by atoms with Gasteiger partial charge in [-0.05, 0) is 143 Å². The molecule has 3 nitrogen and oxygen atoms in total. The number of anilines is 3. The monoisotopic (exact) mass is 981 g/mol. The van der Waals surface area contributed by atoms with E-state index in [4.69, 9.17) is 9.47 Å². The summed E-state index contributed by atoms with van der Waals surface area (Å²) in [6.07, 6.45) is 0. The van der Waals surface area contributed by atoms with Gasteiger partial charge < -0.3 is 14.4 Å². The second-order valence-corrected chi connectivity index (χ2v) is 20.6. The average molecular weight is 982 g/mol. The van der Waals surface area contributed by atoms with Crippen molar-refractivity contribution in [3.8, 4) is 78.6 Å². The van der Waals surface area contributed by atoms with Gasteiger partial charge in [-0.1, -0.05) is 237 Å². The summed E-state index contributed by atoms with van der Waals surface area (Å²) < 4.78 is 14.5. The van der Waals surface area contributed by atoms with Gasteiger partial charge in [0.15, 0.2) is 23.0 Å². The summed E-state index contributed by atoms with van der Waals surface area (Å²) in [4.78, 5) is 2.32. The summed E-state index contributed by atoms with van der Waals surface area (Å²) in [6, 6.07) is 104. The van der Waals surface area contributed by atoms with Gasteiger partial charge in [-0.2, -0.15) is 0 Å². The second kappa shape index (κ2) is 16.8. The molecule has 1 spiro atoms. The van der Waals surface area contributed by atoms with E-state index in [0.717, 1.165) is 56.2 Å². The van der Waals surface area contributed by atoms with Crippen LogP contribution in [0.4, 0.5) is 17.1 Å². The molecule has 0 aromatic heterocycles. The van der Waals surface area contributed by atoms with Gasteiger partial charge in [-0.25, -0.2) is 0 Å². The first kappa shape index (κ1) is 43.4. The van der Waals surface area contributed by atoms with E-state index in [1.807, 2.05) is 6.07 Å². The van der Waals surface area contributed by atoms with Crippen LogP contribution in [0, 0.1) is 0 Å². The van der Waals surface area contributed by atoms with Crippen LogP contribution in [0.25, 0.3) is 55.6 Å². The third kappa shape index (κ3) is 6.14. The lowest BCUT2D eigenvalue weighted by atomic mass is 9.67. The molecule has 16 rings (SSSR count). The topological polar surface area (TPSA) is 21.7 Å².